The second-order valence-corrected chi connectivity index (χ2v) is 5.79. The quantitative estimate of drug-likeness (QED) is 0.473. The van der Waals surface area contributed by atoms with Crippen LogP contribution >= 0.6 is 0 Å². The molecule has 0 saturated heterocycles. The number of ether oxygens (including phenoxy) is 1. The number of ketones is 1. The Labute approximate surface area is 152 Å². The molecule has 26 heavy (non-hydrogen) atoms. The molecule has 0 spiro atoms. The average Bonchev–Trinajstić information content (AvgIpc) is 2.67. The zero-order valence-electron chi connectivity index (χ0n) is 14.8. The largest absolute Gasteiger partial charge is 0.467 e. The van der Waals surface area contributed by atoms with Crippen LogP contribution in [0.1, 0.15) is 29.3 Å². The molecule has 0 aliphatic rings. The van der Waals surface area contributed by atoms with Crippen molar-refractivity contribution in [3.8, 4) is 0 Å². The number of methoxy groups -OCH3 is 1. The average molecular weight is 351 g/mol. The van der Waals surface area contributed by atoms with Crippen molar-refractivity contribution in [1.82, 2.24) is 5.32 Å². The van der Waals surface area contributed by atoms with Gasteiger partial charge in [0.1, 0.15) is 0 Å². The first-order chi connectivity index (χ1) is 12.5. The van der Waals surface area contributed by atoms with Gasteiger partial charge in [-0.15, -0.1) is 0 Å². The molecule has 0 saturated carbocycles. The van der Waals surface area contributed by atoms with Crippen LogP contribution in [-0.4, -0.2) is 30.3 Å². The van der Waals surface area contributed by atoms with Crippen LogP contribution in [0.2, 0.25) is 0 Å². The van der Waals surface area contributed by atoms with E-state index in [0.29, 0.717) is 5.56 Å². The molecule has 134 valence electrons. The van der Waals surface area contributed by atoms with Crippen LogP contribution in [0, 0.1) is 0 Å². The number of hydrogen-bond acceptors (Lipinski definition) is 4. The van der Waals surface area contributed by atoms with Gasteiger partial charge >= 0.3 is 5.97 Å². The molecule has 2 aromatic carbocycles. The first kappa shape index (κ1) is 19.1. The summed E-state index contributed by atoms with van der Waals surface area (Å²) >= 11 is 0. The summed E-state index contributed by atoms with van der Waals surface area (Å²) in [6.07, 6.45) is 3.45. The van der Waals surface area contributed by atoms with E-state index in [1.54, 1.807) is 42.5 Å². The summed E-state index contributed by atoms with van der Waals surface area (Å²) in [5, 5.41) is 2.51. The smallest absolute Gasteiger partial charge is 0.340 e. The summed E-state index contributed by atoms with van der Waals surface area (Å²) in [5.41, 5.74) is -0.575. The van der Waals surface area contributed by atoms with Crippen molar-refractivity contribution >= 4 is 23.7 Å². The van der Waals surface area contributed by atoms with E-state index in [-0.39, 0.29) is 6.42 Å². The van der Waals surface area contributed by atoms with Crippen LogP contribution in [0.3, 0.4) is 0 Å². The predicted molar refractivity (Wildman–Crippen MR) is 99.4 cm³/mol. The van der Waals surface area contributed by atoms with Gasteiger partial charge < -0.3 is 10.1 Å². The summed E-state index contributed by atoms with van der Waals surface area (Å²) in [6.45, 7) is 1.26. The van der Waals surface area contributed by atoms with E-state index >= 15 is 0 Å². The normalized spacial score (nSPS) is 13.0. The third-order valence-corrected chi connectivity index (χ3v) is 3.88. The highest BCUT2D eigenvalue weighted by atomic mass is 16.5. The Kier molecular flexibility index (Phi) is 6.44. The number of carbonyl (C=O) groups excluding carboxylic acids is 3. The molecule has 0 fully saturated rings. The minimum Gasteiger partial charge on any atom is -0.467 e. The lowest BCUT2D eigenvalue weighted by atomic mass is 9.85. The first-order valence-corrected chi connectivity index (χ1v) is 8.18. The molecule has 0 aliphatic heterocycles. The lowest BCUT2D eigenvalue weighted by Crippen LogP contribution is -2.60. The van der Waals surface area contributed by atoms with Gasteiger partial charge in [0.2, 0.25) is 11.4 Å². The van der Waals surface area contributed by atoms with E-state index in [2.05, 4.69) is 5.32 Å². The van der Waals surface area contributed by atoms with E-state index in [0.717, 1.165) is 5.56 Å². The molecule has 1 atom stereocenters. The molecule has 0 aromatic heterocycles. The molecule has 0 heterocycles. The fourth-order valence-corrected chi connectivity index (χ4v) is 2.67. The Bertz CT molecular complexity index is 799. The Hall–Kier alpha value is -3.21. The van der Waals surface area contributed by atoms with Crippen molar-refractivity contribution in [2.24, 2.45) is 0 Å². The third-order valence-electron chi connectivity index (χ3n) is 3.88. The fraction of sp³-hybridized carbons (Fsp3) is 0.190. The summed E-state index contributed by atoms with van der Waals surface area (Å²) in [6, 6.07) is 17.8. The molecule has 0 radical (unpaired) electrons. The van der Waals surface area contributed by atoms with Crippen LogP contribution in [0.25, 0.3) is 6.08 Å². The van der Waals surface area contributed by atoms with Gasteiger partial charge in [0.05, 0.1) is 7.11 Å². The SMILES string of the molecule is COC(=O)C(C/C=C/c1ccccc1)(NC(C)=O)C(=O)c1ccccc1. The molecule has 2 aromatic rings. The number of rotatable bonds is 7. The van der Waals surface area contributed by atoms with Crippen molar-refractivity contribution < 1.29 is 19.1 Å². The molecule has 5 nitrogen and oxygen atoms in total. The summed E-state index contributed by atoms with van der Waals surface area (Å²) in [5.74, 6) is -1.81. The van der Waals surface area contributed by atoms with Crippen molar-refractivity contribution in [1.29, 1.82) is 0 Å². The van der Waals surface area contributed by atoms with Gasteiger partial charge in [-0.25, -0.2) is 4.79 Å². The van der Waals surface area contributed by atoms with Gasteiger partial charge in [-0.3, -0.25) is 9.59 Å². The summed E-state index contributed by atoms with van der Waals surface area (Å²) < 4.78 is 4.85. The van der Waals surface area contributed by atoms with Gasteiger partial charge in [0, 0.05) is 18.9 Å². The molecule has 1 N–H and O–H groups in total. The van der Waals surface area contributed by atoms with Crippen molar-refractivity contribution in [2.45, 2.75) is 18.9 Å². The van der Waals surface area contributed by atoms with E-state index in [4.69, 9.17) is 4.74 Å². The van der Waals surface area contributed by atoms with E-state index in [1.807, 2.05) is 30.3 Å². The number of hydrogen-bond donors (Lipinski definition) is 1. The second-order valence-electron chi connectivity index (χ2n) is 5.79. The van der Waals surface area contributed by atoms with Crippen LogP contribution < -0.4 is 5.32 Å². The van der Waals surface area contributed by atoms with Gasteiger partial charge in [-0.1, -0.05) is 72.8 Å². The minimum absolute atomic E-state index is 0.0259. The molecule has 0 bridgehead atoms. The van der Waals surface area contributed by atoms with Crippen LogP contribution in [0.5, 0.6) is 0 Å². The fourth-order valence-electron chi connectivity index (χ4n) is 2.67. The second kappa shape index (κ2) is 8.76. The molecular formula is C21H21NO4. The van der Waals surface area contributed by atoms with Crippen molar-refractivity contribution in [3.05, 3.63) is 77.9 Å². The Morgan fingerprint density at radius 3 is 2.12 bits per heavy atom. The Morgan fingerprint density at radius 2 is 1.58 bits per heavy atom. The number of Topliss-reactive ketones (excluding diaryl/α,β-unsaturated/α-hetero) is 1. The lowest BCUT2D eigenvalue weighted by molar-refractivity contribution is -0.148. The van der Waals surface area contributed by atoms with Crippen molar-refractivity contribution in [3.63, 3.8) is 0 Å². The number of esters is 1. The number of carbonyl (C=O) groups is 3. The maximum absolute atomic E-state index is 13.1. The molecule has 5 heteroatoms. The van der Waals surface area contributed by atoms with Crippen LogP contribution in [-0.2, 0) is 14.3 Å². The van der Waals surface area contributed by atoms with Crippen LogP contribution in [0.15, 0.2) is 66.7 Å². The Morgan fingerprint density at radius 1 is 1.00 bits per heavy atom. The predicted octanol–water partition coefficient (Wildman–Crippen LogP) is 3.02. The molecule has 1 unspecified atom stereocenters. The van der Waals surface area contributed by atoms with Crippen LogP contribution in [0.4, 0.5) is 0 Å². The first-order valence-electron chi connectivity index (χ1n) is 8.18. The van der Waals surface area contributed by atoms with E-state index in [9.17, 15) is 14.4 Å². The van der Waals surface area contributed by atoms with E-state index < -0.39 is 23.2 Å². The molecular weight excluding hydrogens is 330 g/mol. The highest BCUT2D eigenvalue weighted by molar-refractivity contribution is 6.18. The van der Waals surface area contributed by atoms with Gasteiger partial charge in [0.15, 0.2) is 5.78 Å². The number of amides is 1. The molecule has 0 aliphatic carbocycles. The highest BCUT2D eigenvalue weighted by Gasteiger charge is 2.47. The van der Waals surface area contributed by atoms with Gasteiger partial charge in [0.25, 0.3) is 0 Å². The topological polar surface area (TPSA) is 72.5 Å². The standard InChI is InChI=1S/C21H21NO4/c1-16(23)22-21(20(25)26-2,19(24)18-13-7-4-8-14-18)15-9-12-17-10-5-3-6-11-17/h3-14H,15H2,1-2H3,(H,22,23)/b12-9+. The maximum atomic E-state index is 13.1. The summed E-state index contributed by atoms with van der Waals surface area (Å²) in [7, 11) is 1.19. The van der Waals surface area contributed by atoms with E-state index in [1.165, 1.54) is 14.0 Å². The summed E-state index contributed by atoms with van der Waals surface area (Å²) in [4.78, 5) is 37.4. The zero-order chi connectivity index (χ0) is 19.0. The molecule has 1 amide bonds. The zero-order valence-corrected chi connectivity index (χ0v) is 14.8. The van der Waals surface area contributed by atoms with Gasteiger partial charge in [-0.05, 0) is 5.56 Å². The van der Waals surface area contributed by atoms with Gasteiger partial charge in [-0.2, -0.15) is 0 Å². The monoisotopic (exact) mass is 351 g/mol. The maximum Gasteiger partial charge on any atom is 0.340 e. The number of nitrogens with one attached hydrogen (secondary N) is 1. The number of benzene rings is 2. The van der Waals surface area contributed by atoms with Crippen molar-refractivity contribution in [2.75, 3.05) is 7.11 Å². The minimum atomic E-state index is -1.81. The lowest BCUT2D eigenvalue weighted by Gasteiger charge is -2.29. The molecule has 2 rings (SSSR count). The highest BCUT2D eigenvalue weighted by Crippen LogP contribution is 2.22. The third kappa shape index (κ3) is 4.45. The Balaban J connectivity index is 2.41.